The molecule has 0 aliphatic carbocycles. The molecule has 4 nitrogen and oxygen atoms in total. The number of aryl methyl sites for hydroxylation is 2. The molecule has 0 saturated heterocycles. The molecule has 0 aliphatic heterocycles. The molecular weight excluding hydrogens is 290 g/mol. The zero-order valence-electron chi connectivity index (χ0n) is 12.0. The molecule has 2 N–H and O–H groups in total. The molecule has 1 amide bonds. The van der Waals surface area contributed by atoms with Crippen LogP contribution >= 0.6 is 11.6 Å². The first-order chi connectivity index (χ1) is 9.92. The molecule has 0 spiro atoms. The van der Waals surface area contributed by atoms with E-state index < -0.39 is 0 Å². The van der Waals surface area contributed by atoms with E-state index in [4.69, 9.17) is 16.3 Å². The second-order valence-corrected chi connectivity index (χ2v) is 5.16. The van der Waals surface area contributed by atoms with E-state index in [1.807, 2.05) is 13.8 Å². The van der Waals surface area contributed by atoms with Gasteiger partial charge in [0.05, 0.1) is 17.8 Å². The van der Waals surface area contributed by atoms with E-state index in [-0.39, 0.29) is 11.7 Å². The van der Waals surface area contributed by atoms with Crippen LogP contribution in [-0.2, 0) is 0 Å². The second-order valence-electron chi connectivity index (χ2n) is 4.76. The van der Waals surface area contributed by atoms with Crippen molar-refractivity contribution in [3.63, 3.8) is 0 Å². The van der Waals surface area contributed by atoms with Gasteiger partial charge in [-0.1, -0.05) is 11.6 Å². The van der Waals surface area contributed by atoms with E-state index in [0.717, 1.165) is 11.1 Å². The van der Waals surface area contributed by atoms with Gasteiger partial charge in [-0.05, 0) is 55.3 Å². The summed E-state index contributed by atoms with van der Waals surface area (Å²) in [5.41, 5.74) is 2.70. The van der Waals surface area contributed by atoms with Crippen molar-refractivity contribution < 1.29 is 14.6 Å². The number of methoxy groups -OCH3 is 1. The van der Waals surface area contributed by atoms with Gasteiger partial charge in [-0.3, -0.25) is 4.79 Å². The van der Waals surface area contributed by atoms with Crippen molar-refractivity contribution in [3.8, 4) is 11.5 Å². The molecule has 0 unspecified atom stereocenters. The lowest BCUT2D eigenvalue weighted by Gasteiger charge is -2.11. The Morgan fingerprint density at radius 1 is 1.19 bits per heavy atom. The van der Waals surface area contributed by atoms with Gasteiger partial charge in [-0.15, -0.1) is 0 Å². The maximum atomic E-state index is 12.2. The van der Waals surface area contributed by atoms with Crippen LogP contribution < -0.4 is 10.1 Å². The highest BCUT2D eigenvalue weighted by molar-refractivity contribution is 6.32. The number of halogens is 1. The van der Waals surface area contributed by atoms with Gasteiger partial charge in [0.15, 0.2) is 0 Å². The van der Waals surface area contributed by atoms with Crippen LogP contribution in [0.3, 0.4) is 0 Å². The number of phenolic OH excluding ortho intramolecular Hbond substituents is 1. The molecule has 5 heteroatoms. The Balaban J connectivity index is 2.26. The molecule has 0 heterocycles. The predicted molar refractivity (Wildman–Crippen MR) is 83.5 cm³/mol. The number of ether oxygens (including phenoxy) is 1. The second kappa shape index (κ2) is 6.06. The van der Waals surface area contributed by atoms with Gasteiger partial charge in [-0.2, -0.15) is 0 Å². The number of hydrogen-bond acceptors (Lipinski definition) is 3. The van der Waals surface area contributed by atoms with Crippen LogP contribution in [0.1, 0.15) is 21.5 Å². The third-order valence-corrected chi connectivity index (χ3v) is 3.57. The standard InChI is InChI=1S/C16H16ClNO3/c1-9-6-13(14(19)7-10(9)2)18-16(20)11-4-5-15(21-3)12(17)8-11/h4-8,19H,1-3H3,(H,18,20). The molecule has 2 rings (SSSR count). The summed E-state index contributed by atoms with van der Waals surface area (Å²) in [7, 11) is 1.51. The van der Waals surface area contributed by atoms with Crippen LogP contribution in [0.2, 0.25) is 5.02 Å². The fourth-order valence-electron chi connectivity index (χ4n) is 1.90. The average molecular weight is 306 g/mol. The summed E-state index contributed by atoms with van der Waals surface area (Å²) in [5.74, 6) is 0.186. The minimum Gasteiger partial charge on any atom is -0.506 e. The molecule has 0 aromatic heterocycles. The van der Waals surface area contributed by atoms with Crippen molar-refractivity contribution >= 4 is 23.2 Å². The van der Waals surface area contributed by atoms with Gasteiger partial charge in [0.2, 0.25) is 0 Å². The summed E-state index contributed by atoms with van der Waals surface area (Å²) in [4.78, 5) is 12.2. The summed E-state index contributed by atoms with van der Waals surface area (Å²) in [6.07, 6.45) is 0. The highest BCUT2D eigenvalue weighted by Gasteiger charge is 2.12. The summed E-state index contributed by atoms with van der Waals surface area (Å²) in [6.45, 7) is 3.80. The van der Waals surface area contributed by atoms with Crippen molar-refractivity contribution in [1.82, 2.24) is 0 Å². The molecule has 0 radical (unpaired) electrons. The molecule has 0 aliphatic rings. The normalized spacial score (nSPS) is 10.3. The zero-order valence-corrected chi connectivity index (χ0v) is 12.8. The highest BCUT2D eigenvalue weighted by atomic mass is 35.5. The van der Waals surface area contributed by atoms with Crippen molar-refractivity contribution in [3.05, 3.63) is 52.0 Å². The fourth-order valence-corrected chi connectivity index (χ4v) is 2.16. The lowest BCUT2D eigenvalue weighted by molar-refractivity contribution is 0.102. The average Bonchev–Trinajstić information content (AvgIpc) is 2.44. The quantitative estimate of drug-likeness (QED) is 0.845. The number of carbonyl (C=O) groups excluding carboxylic acids is 1. The molecule has 0 atom stereocenters. The van der Waals surface area contributed by atoms with E-state index in [1.165, 1.54) is 13.2 Å². The van der Waals surface area contributed by atoms with Crippen molar-refractivity contribution in [1.29, 1.82) is 0 Å². The zero-order chi connectivity index (χ0) is 15.6. The van der Waals surface area contributed by atoms with Crippen LogP contribution in [0.5, 0.6) is 11.5 Å². The minimum atomic E-state index is -0.349. The molecule has 21 heavy (non-hydrogen) atoms. The van der Waals surface area contributed by atoms with E-state index in [9.17, 15) is 9.90 Å². The Bertz CT molecular complexity index is 698. The lowest BCUT2D eigenvalue weighted by atomic mass is 10.1. The van der Waals surface area contributed by atoms with Gasteiger partial charge < -0.3 is 15.2 Å². The van der Waals surface area contributed by atoms with E-state index in [0.29, 0.717) is 22.0 Å². The number of aromatic hydroxyl groups is 1. The van der Waals surface area contributed by atoms with Crippen LogP contribution in [0.25, 0.3) is 0 Å². The predicted octanol–water partition coefficient (Wildman–Crippen LogP) is 3.92. The fraction of sp³-hybridized carbons (Fsp3) is 0.188. The van der Waals surface area contributed by atoms with Crippen LogP contribution in [0.4, 0.5) is 5.69 Å². The molecule has 2 aromatic carbocycles. The van der Waals surface area contributed by atoms with Gasteiger partial charge in [-0.25, -0.2) is 0 Å². The minimum absolute atomic E-state index is 0.0334. The van der Waals surface area contributed by atoms with E-state index in [2.05, 4.69) is 5.32 Å². The number of carbonyl (C=O) groups is 1. The first kappa shape index (κ1) is 15.2. The van der Waals surface area contributed by atoms with Gasteiger partial charge >= 0.3 is 0 Å². The van der Waals surface area contributed by atoms with Crippen molar-refractivity contribution in [2.75, 3.05) is 12.4 Å². The number of anilines is 1. The smallest absolute Gasteiger partial charge is 0.255 e. The molecule has 0 bridgehead atoms. The number of hydrogen-bond donors (Lipinski definition) is 2. The number of rotatable bonds is 3. The third kappa shape index (κ3) is 3.28. The lowest BCUT2D eigenvalue weighted by Crippen LogP contribution is -2.12. The largest absolute Gasteiger partial charge is 0.506 e. The van der Waals surface area contributed by atoms with Gasteiger partial charge in [0.25, 0.3) is 5.91 Å². The summed E-state index contributed by atoms with van der Waals surface area (Å²) in [6, 6.07) is 8.10. The van der Waals surface area contributed by atoms with Crippen LogP contribution in [0, 0.1) is 13.8 Å². The molecule has 110 valence electrons. The Morgan fingerprint density at radius 3 is 2.48 bits per heavy atom. The molecule has 0 saturated carbocycles. The number of benzene rings is 2. The van der Waals surface area contributed by atoms with E-state index >= 15 is 0 Å². The van der Waals surface area contributed by atoms with Crippen LogP contribution in [-0.4, -0.2) is 18.1 Å². The maximum absolute atomic E-state index is 12.2. The van der Waals surface area contributed by atoms with Crippen LogP contribution in [0.15, 0.2) is 30.3 Å². The summed E-state index contributed by atoms with van der Waals surface area (Å²) >= 11 is 6.00. The molecular formula is C16H16ClNO3. The first-order valence-corrected chi connectivity index (χ1v) is 6.75. The monoisotopic (exact) mass is 305 g/mol. The Morgan fingerprint density at radius 2 is 1.86 bits per heavy atom. The first-order valence-electron chi connectivity index (χ1n) is 6.37. The topological polar surface area (TPSA) is 58.6 Å². The third-order valence-electron chi connectivity index (χ3n) is 3.27. The number of phenols is 1. The van der Waals surface area contributed by atoms with Gasteiger partial charge in [0, 0.05) is 5.56 Å². The van der Waals surface area contributed by atoms with Crippen molar-refractivity contribution in [2.24, 2.45) is 0 Å². The van der Waals surface area contributed by atoms with Gasteiger partial charge in [0.1, 0.15) is 11.5 Å². The molecule has 2 aromatic rings. The summed E-state index contributed by atoms with van der Waals surface area (Å²) < 4.78 is 5.04. The van der Waals surface area contributed by atoms with Crippen molar-refractivity contribution in [2.45, 2.75) is 13.8 Å². The van der Waals surface area contributed by atoms with E-state index in [1.54, 1.807) is 24.3 Å². The summed E-state index contributed by atoms with van der Waals surface area (Å²) in [5, 5.41) is 12.9. The Kier molecular flexibility index (Phi) is 4.38. The maximum Gasteiger partial charge on any atom is 0.255 e. The highest BCUT2D eigenvalue weighted by Crippen LogP contribution is 2.29. The number of nitrogens with one attached hydrogen (secondary N) is 1. The Labute approximate surface area is 128 Å². The molecule has 0 fully saturated rings. The SMILES string of the molecule is COc1ccc(C(=O)Nc2cc(C)c(C)cc2O)cc1Cl. The Hall–Kier alpha value is -2.20. The number of amides is 1.